The lowest BCUT2D eigenvalue weighted by molar-refractivity contribution is 0.354. The number of benzene rings is 3. The van der Waals surface area contributed by atoms with Gasteiger partial charge in [0.1, 0.15) is 0 Å². The Hall–Kier alpha value is -3.34. The molecule has 0 fully saturated rings. The van der Waals surface area contributed by atoms with Crippen LogP contribution in [0.4, 0.5) is 5.69 Å². The molecular formula is C25H29NO4. The van der Waals surface area contributed by atoms with Crippen LogP contribution < -0.4 is 23.8 Å². The van der Waals surface area contributed by atoms with Crippen molar-refractivity contribution in [1.29, 1.82) is 0 Å². The van der Waals surface area contributed by atoms with Crippen LogP contribution in [0.15, 0.2) is 60.7 Å². The van der Waals surface area contributed by atoms with E-state index >= 15 is 0 Å². The predicted molar refractivity (Wildman–Crippen MR) is 121 cm³/mol. The molecule has 0 atom stereocenters. The van der Waals surface area contributed by atoms with E-state index < -0.39 is 0 Å². The third-order valence-electron chi connectivity index (χ3n) is 5.22. The highest BCUT2D eigenvalue weighted by molar-refractivity contribution is 5.55. The van der Waals surface area contributed by atoms with E-state index in [2.05, 4.69) is 41.3 Å². The van der Waals surface area contributed by atoms with Gasteiger partial charge in [0, 0.05) is 25.7 Å². The standard InChI is InChI=1S/C25H29NO4/c1-26(2)20-11-7-17(8-12-20)25(18-9-13-21(27-3)23(15-18)29-5)19-10-14-22(28-4)24(16-19)30-6/h7-16,25H,1-6H3. The molecule has 30 heavy (non-hydrogen) atoms. The molecule has 0 bridgehead atoms. The smallest absolute Gasteiger partial charge is 0.161 e. The highest BCUT2D eigenvalue weighted by Crippen LogP contribution is 2.40. The molecule has 3 rings (SSSR count). The minimum absolute atomic E-state index is 0.0131. The molecule has 0 saturated heterocycles. The summed E-state index contributed by atoms with van der Waals surface area (Å²) >= 11 is 0. The molecule has 0 aromatic heterocycles. The molecule has 0 aliphatic carbocycles. The zero-order chi connectivity index (χ0) is 21.7. The van der Waals surface area contributed by atoms with Gasteiger partial charge in [-0.1, -0.05) is 24.3 Å². The Labute approximate surface area is 178 Å². The van der Waals surface area contributed by atoms with Crippen molar-refractivity contribution in [2.45, 2.75) is 5.92 Å². The van der Waals surface area contributed by atoms with Crippen LogP contribution in [0.1, 0.15) is 22.6 Å². The van der Waals surface area contributed by atoms with Crippen molar-refractivity contribution in [3.05, 3.63) is 77.4 Å². The van der Waals surface area contributed by atoms with E-state index in [9.17, 15) is 0 Å². The summed E-state index contributed by atoms with van der Waals surface area (Å²) in [7, 11) is 10.7. The van der Waals surface area contributed by atoms with Crippen LogP contribution in [0.2, 0.25) is 0 Å². The topological polar surface area (TPSA) is 40.2 Å². The number of ether oxygens (including phenoxy) is 4. The van der Waals surface area contributed by atoms with Gasteiger partial charge in [-0.05, 0) is 53.1 Å². The second-order valence-electron chi connectivity index (χ2n) is 7.15. The second kappa shape index (κ2) is 9.44. The van der Waals surface area contributed by atoms with Gasteiger partial charge >= 0.3 is 0 Å². The summed E-state index contributed by atoms with van der Waals surface area (Å²) < 4.78 is 22.0. The van der Waals surface area contributed by atoms with Gasteiger partial charge < -0.3 is 23.8 Å². The van der Waals surface area contributed by atoms with Gasteiger partial charge in [0.05, 0.1) is 28.4 Å². The van der Waals surface area contributed by atoms with Crippen molar-refractivity contribution in [2.75, 3.05) is 47.4 Å². The van der Waals surface area contributed by atoms with E-state index in [0.717, 1.165) is 16.8 Å². The number of nitrogens with zero attached hydrogens (tertiary/aromatic N) is 1. The molecule has 3 aromatic rings. The first-order valence-electron chi connectivity index (χ1n) is 9.73. The summed E-state index contributed by atoms with van der Waals surface area (Å²) in [5.74, 6) is 2.79. The lowest BCUT2D eigenvalue weighted by atomic mass is 9.84. The largest absolute Gasteiger partial charge is 0.493 e. The van der Waals surface area contributed by atoms with Crippen LogP contribution in [-0.2, 0) is 0 Å². The summed E-state index contributed by atoms with van der Waals surface area (Å²) in [6.45, 7) is 0. The normalized spacial score (nSPS) is 10.6. The zero-order valence-corrected chi connectivity index (χ0v) is 18.4. The number of rotatable bonds is 8. The van der Waals surface area contributed by atoms with Crippen LogP contribution in [0, 0.1) is 0 Å². The zero-order valence-electron chi connectivity index (χ0n) is 18.4. The monoisotopic (exact) mass is 407 g/mol. The van der Waals surface area contributed by atoms with E-state index in [1.807, 2.05) is 38.4 Å². The van der Waals surface area contributed by atoms with Crippen molar-refractivity contribution >= 4 is 5.69 Å². The molecule has 0 N–H and O–H groups in total. The predicted octanol–water partition coefficient (Wildman–Crippen LogP) is 4.97. The Morgan fingerprint density at radius 3 is 1.30 bits per heavy atom. The van der Waals surface area contributed by atoms with E-state index in [1.54, 1.807) is 28.4 Å². The summed E-state index contributed by atoms with van der Waals surface area (Å²) in [6, 6.07) is 20.7. The average Bonchev–Trinajstić information content (AvgIpc) is 2.79. The maximum atomic E-state index is 5.55. The molecule has 5 heteroatoms. The first-order chi connectivity index (χ1) is 14.5. The number of hydrogen-bond donors (Lipinski definition) is 0. The number of anilines is 1. The first kappa shape index (κ1) is 21.4. The van der Waals surface area contributed by atoms with Crippen LogP contribution in [0.25, 0.3) is 0 Å². The van der Waals surface area contributed by atoms with E-state index in [1.165, 1.54) is 5.56 Å². The highest BCUT2D eigenvalue weighted by Gasteiger charge is 2.21. The molecule has 0 aliphatic heterocycles. The van der Waals surface area contributed by atoms with Crippen LogP contribution in [0.3, 0.4) is 0 Å². The average molecular weight is 408 g/mol. The Bertz CT molecular complexity index is 927. The molecule has 158 valence electrons. The van der Waals surface area contributed by atoms with Gasteiger partial charge in [0.15, 0.2) is 23.0 Å². The lowest BCUT2D eigenvalue weighted by Crippen LogP contribution is -2.09. The van der Waals surface area contributed by atoms with Crippen LogP contribution >= 0.6 is 0 Å². The summed E-state index contributed by atoms with van der Waals surface area (Å²) in [6.07, 6.45) is 0. The van der Waals surface area contributed by atoms with Gasteiger partial charge in [-0.15, -0.1) is 0 Å². The molecule has 0 saturated carbocycles. The Balaban J connectivity index is 2.16. The van der Waals surface area contributed by atoms with Crippen molar-refractivity contribution < 1.29 is 18.9 Å². The third kappa shape index (κ3) is 4.30. The molecule has 0 heterocycles. The highest BCUT2D eigenvalue weighted by atomic mass is 16.5. The number of methoxy groups -OCH3 is 4. The molecule has 0 spiro atoms. The van der Waals surface area contributed by atoms with Gasteiger partial charge in [0.2, 0.25) is 0 Å². The fraction of sp³-hybridized carbons (Fsp3) is 0.280. The summed E-state index contributed by atoms with van der Waals surface area (Å²) in [5, 5.41) is 0. The molecule has 3 aromatic carbocycles. The van der Waals surface area contributed by atoms with Gasteiger partial charge in [-0.2, -0.15) is 0 Å². The first-order valence-corrected chi connectivity index (χ1v) is 9.73. The second-order valence-corrected chi connectivity index (χ2v) is 7.15. The summed E-state index contributed by atoms with van der Waals surface area (Å²) in [4.78, 5) is 2.09. The van der Waals surface area contributed by atoms with Crippen molar-refractivity contribution in [2.24, 2.45) is 0 Å². The van der Waals surface area contributed by atoms with Crippen LogP contribution in [-0.4, -0.2) is 42.5 Å². The third-order valence-corrected chi connectivity index (χ3v) is 5.22. The maximum absolute atomic E-state index is 5.55. The molecule has 0 radical (unpaired) electrons. The van der Waals surface area contributed by atoms with Gasteiger partial charge in [-0.25, -0.2) is 0 Å². The van der Waals surface area contributed by atoms with Crippen molar-refractivity contribution in [1.82, 2.24) is 0 Å². The minimum Gasteiger partial charge on any atom is -0.493 e. The minimum atomic E-state index is -0.0131. The molecule has 5 nitrogen and oxygen atoms in total. The Kier molecular flexibility index (Phi) is 6.72. The fourth-order valence-corrected chi connectivity index (χ4v) is 3.61. The van der Waals surface area contributed by atoms with Crippen LogP contribution in [0.5, 0.6) is 23.0 Å². The van der Waals surface area contributed by atoms with Gasteiger partial charge in [-0.3, -0.25) is 0 Å². The number of hydrogen-bond acceptors (Lipinski definition) is 5. The molecular weight excluding hydrogens is 378 g/mol. The van der Waals surface area contributed by atoms with E-state index in [0.29, 0.717) is 23.0 Å². The van der Waals surface area contributed by atoms with Crippen molar-refractivity contribution in [3.8, 4) is 23.0 Å². The fourth-order valence-electron chi connectivity index (χ4n) is 3.61. The Morgan fingerprint density at radius 1 is 0.533 bits per heavy atom. The van der Waals surface area contributed by atoms with Gasteiger partial charge in [0.25, 0.3) is 0 Å². The lowest BCUT2D eigenvalue weighted by Gasteiger charge is -2.22. The van der Waals surface area contributed by atoms with Crippen molar-refractivity contribution in [3.63, 3.8) is 0 Å². The molecule has 0 aliphatic rings. The molecule has 0 unspecified atom stereocenters. The maximum Gasteiger partial charge on any atom is 0.161 e. The van der Waals surface area contributed by atoms with E-state index in [4.69, 9.17) is 18.9 Å². The summed E-state index contributed by atoms with van der Waals surface area (Å²) in [5.41, 5.74) is 4.51. The SMILES string of the molecule is COc1ccc(C(c2ccc(N(C)C)cc2)c2ccc(OC)c(OC)c2)cc1OC. The quantitative estimate of drug-likeness (QED) is 0.493. The Morgan fingerprint density at radius 2 is 0.933 bits per heavy atom. The molecule has 0 amide bonds. The van der Waals surface area contributed by atoms with E-state index in [-0.39, 0.29) is 5.92 Å².